The number of amides is 1. The summed E-state index contributed by atoms with van der Waals surface area (Å²) in [5.74, 6) is 1.42. The average molecular weight is 268 g/mol. The normalized spacial score (nSPS) is 31.1. The lowest BCUT2D eigenvalue weighted by Crippen LogP contribution is -2.46. The third-order valence-electron chi connectivity index (χ3n) is 4.84. The summed E-state index contributed by atoms with van der Waals surface area (Å²) in [5.41, 5.74) is -0.374. The number of carbonyl (C=O) groups is 1. The topological polar surface area (TPSA) is 32.3 Å². The lowest BCUT2D eigenvalue weighted by Gasteiger charge is -2.34. The van der Waals surface area contributed by atoms with Crippen LogP contribution in [0.2, 0.25) is 0 Å². The number of rotatable bonds is 6. The highest BCUT2D eigenvalue weighted by Gasteiger charge is 2.48. The van der Waals surface area contributed by atoms with Crippen molar-refractivity contribution in [1.29, 1.82) is 0 Å². The molecule has 0 aromatic carbocycles. The van der Waals surface area contributed by atoms with Crippen molar-refractivity contribution >= 4 is 5.91 Å². The van der Waals surface area contributed by atoms with E-state index in [9.17, 15) is 4.79 Å². The molecule has 1 aliphatic rings. The van der Waals surface area contributed by atoms with Crippen molar-refractivity contribution in [2.45, 2.75) is 85.5 Å². The molecule has 1 heterocycles. The summed E-state index contributed by atoms with van der Waals surface area (Å²) < 4.78 is 0. The van der Waals surface area contributed by atoms with Gasteiger partial charge in [0.15, 0.2) is 0 Å². The molecular weight excluding hydrogens is 236 g/mol. The van der Waals surface area contributed by atoms with Gasteiger partial charge in [0.05, 0.1) is 11.7 Å². The number of carbonyl (C=O) groups excluding carboxylic acids is 1. The second-order valence-electron chi connectivity index (χ2n) is 6.81. The van der Waals surface area contributed by atoms with Crippen LogP contribution in [0.5, 0.6) is 0 Å². The number of hydrogen-bond donors (Lipinski definition) is 1. The maximum absolute atomic E-state index is 12.8. The molecule has 1 aliphatic heterocycles. The lowest BCUT2D eigenvalue weighted by molar-refractivity contribution is -0.136. The van der Waals surface area contributed by atoms with E-state index in [1.54, 1.807) is 0 Å². The van der Waals surface area contributed by atoms with Crippen molar-refractivity contribution in [2.75, 3.05) is 0 Å². The van der Waals surface area contributed by atoms with Crippen LogP contribution in [0.4, 0.5) is 0 Å². The highest BCUT2D eigenvalue weighted by molar-refractivity contribution is 5.88. The van der Waals surface area contributed by atoms with Crippen LogP contribution in [-0.4, -0.2) is 28.6 Å². The van der Waals surface area contributed by atoms with Gasteiger partial charge in [-0.1, -0.05) is 41.0 Å². The minimum Gasteiger partial charge on any atom is -0.323 e. The molecule has 1 amide bonds. The Hall–Kier alpha value is -0.570. The molecule has 1 rings (SSSR count). The summed E-state index contributed by atoms with van der Waals surface area (Å²) in [6, 6.07) is 0.308. The Morgan fingerprint density at radius 1 is 1.26 bits per heavy atom. The summed E-state index contributed by atoms with van der Waals surface area (Å²) in [6.45, 7) is 15.2. The Labute approximate surface area is 119 Å². The van der Waals surface area contributed by atoms with Crippen molar-refractivity contribution in [1.82, 2.24) is 10.2 Å². The van der Waals surface area contributed by atoms with Gasteiger partial charge in [0, 0.05) is 6.04 Å². The minimum atomic E-state index is -0.374. The van der Waals surface area contributed by atoms with Crippen molar-refractivity contribution in [3.05, 3.63) is 0 Å². The molecule has 19 heavy (non-hydrogen) atoms. The van der Waals surface area contributed by atoms with Crippen LogP contribution in [0.15, 0.2) is 0 Å². The van der Waals surface area contributed by atoms with Gasteiger partial charge < -0.3 is 4.90 Å². The molecule has 0 aromatic heterocycles. The molecule has 3 heteroatoms. The van der Waals surface area contributed by atoms with Gasteiger partial charge in [-0.25, -0.2) is 0 Å². The highest BCUT2D eigenvalue weighted by atomic mass is 16.2. The molecule has 0 spiro atoms. The molecule has 0 radical (unpaired) electrons. The Morgan fingerprint density at radius 3 is 2.26 bits per heavy atom. The predicted octanol–water partition coefficient (Wildman–Crippen LogP) is 3.39. The summed E-state index contributed by atoms with van der Waals surface area (Å²) in [6.07, 6.45) is 3.19. The van der Waals surface area contributed by atoms with Gasteiger partial charge in [-0.05, 0) is 38.5 Å². The summed E-state index contributed by atoms with van der Waals surface area (Å²) in [5, 5.41) is 3.58. The van der Waals surface area contributed by atoms with E-state index in [-0.39, 0.29) is 17.6 Å². The lowest BCUT2D eigenvalue weighted by atomic mass is 9.95. The summed E-state index contributed by atoms with van der Waals surface area (Å²) in [7, 11) is 0. The van der Waals surface area contributed by atoms with E-state index in [0.717, 1.165) is 19.3 Å². The second kappa shape index (κ2) is 6.25. The van der Waals surface area contributed by atoms with Gasteiger partial charge >= 0.3 is 0 Å². The first kappa shape index (κ1) is 16.5. The molecule has 1 saturated heterocycles. The predicted molar refractivity (Wildman–Crippen MR) is 80.8 cm³/mol. The number of nitrogens with one attached hydrogen (secondary N) is 1. The Bertz CT molecular complexity index is 316. The third-order valence-corrected chi connectivity index (χ3v) is 4.84. The molecule has 4 unspecified atom stereocenters. The van der Waals surface area contributed by atoms with Gasteiger partial charge in [0.1, 0.15) is 0 Å². The minimum absolute atomic E-state index is 0.196. The summed E-state index contributed by atoms with van der Waals surface area (Å²) >= 11 is 0. The van der Waals surface area contributed by atoms with Gasteiger partial charge in [-0.3, -0.25) is 10.1 Å². The van der Waals surface area contributed by atoms with E-state index < -0.39 is 0 Å². The molecule has 0 aromatic rings. The van der Waals surface area contributed by atoms with Crippen LogP contribution in [0, 0.1) is 11.8 Å². The first-order valence-corrected chi connectivity index (χ1v) is 7.87. The van der Waals surface area contributed by atoms with Crippen LogP contribution in [0.3, 0.4) is 0 Å². The molecule has 4 atom stereocenters. The van der Waals surface area contributed by atoms with Gasteiger partial charge in [0.25, 0.3) is 0 Å². The zero-order chi connectivity index (χ0) is 14.8. The molecule has 0 saturated carbocycles. The largest absolute Gasteiger partial charge is 0.323 e. The van der Waals surface area contributed by atoms with E-state index >= 15 is 0 Å². The first-order chi connectivity index (χ1) is 8.76. The van der Waals surface area contributed by atoms with Crippen molar-refractivity contribution in [3.8, 4) is 0 Å². The monoisotopic (exact) mass is 268 g/mol. The van der Waals surface area contributed by atoms with Crippen LogP contribution in [0.25, 0.3) is 0 Å². The highest BCUT2D eigenvalue weighted by Crippen LogP contribution is 2.31. The van der Waals surface area contributed by atoms with E-state index in [1.165, 1.54) is 0 Å². The SMILES string of the molecule is CCC(C)C(C)N1C(=O)C(C)(CC)NC1CC(C)C. The van der Waals surface area contributed by atoms with E-state index in [2.05, 4.69) is 51.8 Å². The third kappa shape index (κ3) is 3.31. The molecule has 0 aliphatic carbocycles. The van der Waals surface area contributed by atoms with Crippen molar-refractivity contribution in [2.24, 2.45) is 11.8 Å². The fourth-order valence-corrected chi connectivity index (χ4v) is 2.88. The maximum atomic E-state index is 12.8. The molecule has 1 N–H and O–H groups in total. The first-order valence-electron chi connectivity index (χ1n) is 7.87. The molecule has 112 valence electrons. The van der Waals surface area contributed by atoms with Gasteiger partial charge in [-0.2, -0.15) is 0 Å². The Balaban J connectivity index is 2.97. The van der Waals surface area contributed by atoms with Crippen molar-refractivity contribution in [3.63, 3.8) is 0 Å². The molecule has 1 fully saturated rings. The fraction of sp³-hybridized carbons (Fsp3) is 0.938. The zero-order valence-corrected chi connectivity index (χ0v) is 13.8. The smallest absolute Gasteiger partial charge is 0.244 e. The van der Waals surface area contributed by atoms with Crippen LogP contribution in [0.1, 0.15) is 67.7 Å². The fourth-order valence-electron chi connectivity index (χ4n) is 2.88. The van der Waals surface area contributed by atoms with E-state index in [0.29, 0.717) is 17.9 Å². The molecule has 3 nitrogen and oxygen atoms in total. The number of nitrogens with zero attached hydrogens (tertiary/aromatic N) is 1. The van der Waals surface area contributed by atoms with Crippen LogP contribution in [-0.2, 0) is 4.79 Å². The Morgan fingerprint density at radius 2 is 1.84 bits per heavy atom. The molecule has 0 bridgehead atoms. The van der Waals surface area contributed by atoms with Gasteiger partial charge in [0.2, 0.25) is 5.91 Å². The summed E-state index contributed by atoms with van der Waals surface area (Å²) in [4.78, 5) is 14.9. The average Bonchev–Trinajstić information content (AvgIpc) is 2.59. The van der Waals surface area contributed by atoms with Crippen LogP contribution < -0.4 is 5.32 Å². The zero-order valence-electron chi connectivity index (χ0n) is 13.8. The van der Waals surface area contributed by atoms with Gasteiger partial charge in [-0.15, -0.1) is 0 Å². The molecular formula is C16H32N2O. The number of hydrogen-bond acceptors (Lipinski definition) is 2. The van der Waals surface area contributed by atoms with Crippen LogP contribution >= 0.6 is 0 Å². The quantitative estimate of drug-likeness (QED) is 0.801. The standard InChI is InChI=1S/C16H32N2O/c1-8-12(5)13(6)18-14(10-11(3)4)17-16(7,9-2)15(18)19/h11-14,17H,8-10H2,1-7H3. The van der Waals surface area contributed by atoms with E-state index in [4.69, 9.17) is 0 Å². The van der Waals surface area contributed by atoms with E-state index in [1.807, 2.05) is 6.92 Å². The van der Waals surface area contributed by atoms with Crippen molar-refractivity contribution < 1.29 is 4.79 Å². The second-order valence-corrected chi connectivity index (χ2v) is 6.81. The Kier molecular flexibility index (Phi) is 5.43. The maximum Gasteiger partial charge on any atom is 0.244 e.